The van der Waals surface area contributed by atoms with Crippen LogP contribution in [0.25, 0.3) is 11.3 Å². The second-order valence-electron chi connectivity index (χ2n) is 7.60. The third-order valence-electron chi connectivity index (χ3n) is 3.85. The van der Waals surface area contributed by atoms with Crippen LogP contribution >= 0.6 is 11.3 Å². The Morgan fingerprint density at radius 3 is 2.61 bits per heavy atom. The van der Waals surface area contributed by atoms with Gasteiger partial charge in [0.15, 0.2) is 0 Å². The van der Waals surface area contributed by atoms with Crippen molar-refractivity contribution in [2.75, 3.05) is 13.6 Å². The van der Waals surface area contributed by atoms with E-state index in [2.05, 4.69) is 15.3 Å². The maximum absolute atomic E-state index is 12.2. The molecule has 8 heteroatoms. The van der Waals surface area contributed by atoms with Crippen molar-refractivity contribution >= 4 is 23.3 Å². The van der Waals surface area contributed by atoms with Crippen LogP contribution in [0.5, 0.6) is 0 Å². The monoisotopic (exact) mass is 404 g/mol. The molecule has 1 unspecified atom stereocenters. The number of carbonyl (C=O) groups excluding carboxylic acids is 2. The van der Waals surface area contributed by atoms with Crippen LogP contribution in [0.4, 0.5) is 4.79 Å². The van der Waals surface area contributed by atoms with E-state index < -0.39 is 5.60 Å². The average Bonchev–Trinajstić information content (AvgIpc) is 3.11. The number of ether oxygens (including phenoxy) is 1. The fraction of sp³-hybridized carbons (Fsp3) is 0.500. The minimum Gasteiger partial charge on any atom is -0.444 e. The molecular formula is C20H28N4O3S. The van der Waals surface area contributed by atoms with Crippen LogP contribution in [0.2, 0.25) is 0 Å². The van der Waals surface area contributed by atoms with Gasteiger partial charge < -0.3 is 15.0 Å². The van der Waals surface area contributed by atoms with Gasteiger partial charge >= 0.3 is 6.09 Å². The van der Waals surface area contributed by atoms with Crippen LogP contribution in [0.1, 0.15) is 51.6 Å². The van der Waals surface area contributed by atoms with Crippen LogP contribution in [-0.2, 0) is 9.53 Å². The van der Waals surface area contributed by atoms with Crippen molar-refractivity contribution in [3.05, 3.63) is 34.9 Å². The molecule has 0 radical (unpaired) electrons. The average molecular weight is 405 g/mol. The van der Waals surface area contributed by atoms with Gasteiger partial charge in [-0.2, -0.15) is 0 Å². The first-order valence-electron chi connectivity index (χ1n) is 9.25. The second kappa shape index (κ2) is 9.64. The minimum atomic E-state index is -0.527. The summed E-state index contributed by atoms with van der Waals surface area (Å²) in [5.74, 6) is -0.0641. The molecule has 1 N–H and O–H groups in total. The van der Waals surface area contributed by atoms with E-state index in [4.69, 9.17) is 4.74 Å². The largest absolute Gasteiger partial charge is 0.444 e. The maximum Gasteiger partial charge on any atom is 0.410 e. The molecule has 0 aliphatic rings. The van der Waals surface area contributed by atoms with Gasteiger partial charge in [-0.25, -0.2) is 9.78 Å². The van der Waals surface area contributed by atoms with Gasteiger partial charge in [0.1, 0.15) is 10.6 Å². The summed E-state index contributed by atoms with van der Waals surface area (Å²) in [6, 6.07) is 3.64. The van der Waals surface area contributed by atoms with Gasteiger partial charge in [-0.3, -0.25) is 9.78 Å². The molecule has 2 rings (SSSR count). The first-order chi connectivity index (χ1) is 13.2. The number of nitrogens with zero attached hydrogens (tertiary/aromatic N) is 3. The zero-order valence-electron chi connectivity index (χ0n) is 17.1. The summed E-state index contributed by atoms with van der Waals surface area (Å²) in [5, 5.41) is 5.79. The SMILES string of the molecule is CC(NC(=O)CCCN(C)C(=O)OC(C)(C)C)c1nc(-c2ccncc2)cs1. The van der Waals surface area contributed by atoms with E-state index >= 15 is 0 Å². The number of thiazole rings is 1. The normalized spacial score (nSPS) is 12.3. The van der Waals surface area contributed by atoms with Crippen LogP contribution in [-0.4, -0.2) is 46.1 Å². The van der Waals surface area contributed by atoms with E-state index in [-0.39, 0.29) is 18.0 Å². The lowest BCUT2D eigenvalue weighted by atomic mass is 10.2. The highest BCUT2D eigenvalue weighted by molar-refractivity contribution is 7.10. The Morgan fingerprint density at radius 1 is 1.29 bits per heavy atom. The summed E-state index contributed by atoms with van der Waals surface area (Å²) in [5.41, 5.74) is 1.35. The number of pyridine rings is 1. The molecule has 2 aromatic heterocycles. The Balaban J connectivity index is 1.77. The number of carbonyl (C=O) groups is 2. The van der Waals surface area contributed by atoms with E-state index in [0.29, 0.717) is 19.4 Å². The van der Waals surface area contributed by atoms with Crippen molar-refractivity contribution in [1.29, 1.82) is 0 Å². The second-order valence-corrected chi connectivity index (χ2v) is 8.49. The molecule has 0 aliphatic carbocycles. The quantitative estimate of drug-likeness (QED) is 0.753. The molecule has 28 heavy (non-hydrogen) atoms. The molecule has 0 aliphatic heterocycles. The van der Waals surface area contributed by atoms with E-state index in [0.717, 1.165) is 16.3 Å². The molecule has 152 valence electrons. The van der Waals surface area contributed by atoms with Crippen molar-refractivity contribution < 1.29 is 14.3 Å². The van der Waals surface area contributed by atoms with E-state index in [1.165, 1.54) is 16.2 Å². The topological polar surface area (TPSA) is 84.4 Å². The van der Waals surface area contributed by atoms with Crippen molar-refractivity contribution in [2.45, 2.75) is 52.2 Å². The first-order valence-corrected chi connectivity index (χ1v) is 10.1. The third-order valence-corrected chi connectivity index (χ3v) is 4.88. The van der Waals surface area contributed by atoms with E-state index in [1.54, 1.807) is 19.4 Å². The number of hydrogen-bond acceptors (Lipinski definition) is 6. The highest BCUT2D eigenvalue weighted by atomic mass is 32.1. The van der Waals surface area contributed by atoms with E-state index in [9.17, 15) is 9.59 Å². The van der Waals surface area contributed by atoms with Gasteiger partial charge in [-0.15, -0.1) is 11.3 Å². The first kappa shape index (κ1) is 21.8. The fourth-order valence-electron chi connectivity index (χ4n) is 2.43. The van der Waals surface area contributed by atoms with Crippen LogP contribution < -0.4 is 5.32 Å². The Bertz CT molecular complexity index is 786. The molecule has 0 saturated carbocycles. The summed E-state index contributed by atoms with van der Waals surface area (Å²) < 4.78 is 5.29. The predicted molar refractivity (Wildman–Crippen MR) is 110 cm³/mol. The van der Waals surface area contributed by atoms with Crippen molar-refractivity contribution in [2.24, 2.45) is 0 Å². The van der Waals surface area contributed by atoms with Crippen molar-refractivity contribution in [1.82, 2.24) is 20.2 Å². The Kier molecular flexibility index (Phi) is 7.51. The zero-order valence-corrected chi connectivity index (χ0v) is 17.9. The fourth-order valence-corrected chi connectivity index (χ4v) is 3.26. The summed E-state index contributed by atoms with van der Waals surface area (Å²) in [7, 11) is 1.67. The smallest absolute Gasteiger partial charge is 0.410 e. The lowest BCUT2D eigenvalue weighted by molar-refractivity contribution is -0.121. The Morgan fingerprint density at radius 2 is 1.96 bits per heavy atom. The number of amides is 2. The number of nitrogens with one attached hydrogen (secondary N) is 1. The van der Waals surface area contributed by atoms with Crippen LogP contribution in [0, 0.1) is 0 Å². The standard InChI is InChI=1S/C20H28N4O3S/c1-14(18-23-16(13-28-18)15-8-10-21-11-9-15)22-17(25)7-6-12-24(5)19(26)27-20(2,3)4/h8-11,13-14H,6-7,12H2,1-5H3,(H,22,25). The summed E-state index contributed by atoms with van der Waals surface area (Å²) in [4.78, 5) is 34.2. The van der Waals surface area contributed by atoms with Crippen molar-refractivity contribution in [3.63, 3.8) is 0 Å². The molecule has 2 aromatic rings. The lowest BCUT2D eigenvalue weighted by Crippen LogP contribution is -2.35. The van der Waals surface area contributed by atoms with Gasteiger partial charge in [-0.05, 0) is 46.2 Å². The number of hydrogen-bond donors (Lipinski definition) is 1. The maximum atomic E-state index is 12.2. The zero-order chi connectivity index (χ0) is 20.7. The molecule has 0 spiro atoms. The summed E-state index contributed by atoms with van der Waals surface area (Å²) in [6.07, 6.45) is 3.98. The molecule has 2 amide bonds. The molecule has 1 atom stereocenters. The third kappa shape index (κ3) is 6.92. The Hall–Kier alpha value is -2.48. The van der Waals surface area contributed by atoms with Crippen molar-refractivity contribution in [3.8, 4) is 11.3 Å². The highest BCUT2D eigenvalue weighted by Crippen LogP contribution is 2.25. The van der Waals surface area contributed by atoms with Gasteiger partial charge in [0.2, 0.25) is 5.91 Å². The number of aromatic nitrogens is 2. The minimum absolute atomic E-state index is 0.0641. The molecule has 0 fully saturated rings. The molecule has 0 bridgehead atoms. The molecule has 0 aromatic carbocycles. The highest BCUT2D eigenvalue weighted by Gasteiger charge is 2.20. The molecule has 0 saturated heterocycles. The van der Waals surface area contributed by atoms with Crippen LogP contribution in [0.15, 0.2) is 29.9 Å². The van der Waals surface area contributed by atoms with Gasteiger partial charge in [-0.1, -0.05) is 0 Å². The lowest BCUT2D eigenvalue weighted by Gasteiger charge is -2.24. The summed E-state index contributed by atoms with van der Waals surface area (Å²) in [6.45, 7) is 7.85. The number of rotatable bonds is 7. The predicted octanol–water partition coefficient (Wildman–Crippen LogP) is 4.03. The molecule has 2 heterocycles. The summed E-state index contributed by atoms with van der Waals surface area (Å²) >= 11 is 1.52. The van der Waals surface area contributed by atoms with E-state index in [1.807, 2.05) is 45.2 Å². The van der Waals surface area contributed by atoms with Gasteiger partial charge in [0.25, 0.3) is 0 Å². The van der Waals surface area contributed by atoms with Gasteiger partial charge in [0, 0.05) is 43.4 Å². The molecular weight excluding hydrogens is 376 g/mol. The van der Waals surface area contributed by atoms with Crippen LogP contribution in [0.3, 0.4) is 0 Å². The molecule has 7 nitrogen and oxygen atoms in total. The van der Waals surface area contributed by atoms with Gasteiger partial charge in [0.05, 0.1) is 11.7 Å². The Labute approximate surface area is 170 Å².